The Morgan fingerprint density at radius 3 is 1.22 bits per heavy atom. The van der Waals surface area contributed by atoms with Crippen LogP contribution in [-0.4, -0.2) is 63.1 Å². The third-order valence-electron chi connectivity index (χ3n) is 4.84. The van der Waals surface area contributed by atoms with Crippen LogP contribution >= 0.6 is 0 Å². The predicted octanol–water partition coefficient (Wildman–Crippen LogP) is 3.06. The molecule has 3 rings (SSSR count). The summed E-state index contributed by atoms with van der Waals surface area (Å²) in [6.45, 7) is 6.23. The molecule has 0 aromatic heterocycles. The molecule has 0 saturated heterocycles. The maximum absolute atomic E-state index is 9.85. The molecule has 8 nitrogen and oxygen atoms in total. The summed E-state index contributed by atoms with van der Waals surface area (Å²) in [7, 11) is 0. The molecule has 0 spiro atoms. The number of hydrogen-bond acceptors (Lipinski definition) is 8. The lowest BCUT2D eigenvalue weighted by Crippen LogP contribution is -2.15. The van der Waals surface area contributed by atoms with E-state index in [1.807, 2.05) is 12.1 Å². The number of aliphatic hydroxyl groups excluding tert-OH is 2. The average molecular weight is 449 g/mol. The van der Waals surface area contributed by atoms with Gasteiger partial charge in [0.25, 0.3) is 0 Å². The molecule has 0 aliphatic carbocycles. The fourth-order valence-electron chi connectivity index (χ4n) is 3.08. The Bertz CT molecular complexity index is 769. The van der Waals surface area contributed by atoms with Crippen molar-refractivity contribution >= 4 is 0 Å². The van der Waals surface area contributed by atoms with Gasteiger partial charge >= 0.3 is 0 Å². The van der Waals surface area contributed by atoms with E-state index >= 15 is 0 Å². The molecule has 0 fully saturated rings. The molecular formula is C24H32O8. The van der Waals surface area contributed by atoms with Crippen molar-refractivity contribution in [3.05, 3.63) is 47.5 Å². The zero-order valence-corrected chi connectivity index (χ0v) is 18.6. The lowest BCUT2D eigenvalue weighted by Gasteiger charge is -2.17. The second-order valence-electron chi connectivity index (χ2n) is 7.38. The largest absolute Gasteiger partial charge is 0.487 e. The number of fused-ring (bicyclic) bond motifs is 2. The first-order chi connectivity index (χ1) is 15.5. The van der Waals surface area contributed by atoms with E-state index in [0.717, 1.165) is 11.1 Å². The molecule has 2 aromatic carbocycles. The lowest BCUT2D eigenvalue weighted by molar-refractivity contribution is 0.0638. The van der Waals surface area contributed by atoms with Crippen molar-refractivity contribution in [3.8, 4) is 23.0 Å². The zero-order chi connectivity index (χ0) is 22.8. The number of rotatable bonds is 2. The van der Waals surface area contributed by atoms with Crippen molar-refractivity contribution in [2.75, 3.05) is 52.9 Å². The molecule has 176 valence electrons. The van der Waals surface area contributed by atoms with Crippen LogP contribution in [0.1, 0.15) is 37.2 Å². The zero-order valence-electron chi connectivity index (χ0n) is 18.6. The van der Waals surface area contributed by atoms with Gasteiger partial charge in [-0.2, -0.15) is 0 Å². The van der Waals surface area contributed by atoms with Crippen molar-refractivity contribution in [3.63, 3.8) is 0 Å². The van der Waals surface area contributed by atoms with Gasteiger partial charge in [-0.3, -0.25) is 0 Å². The van der Waals surface area contributed by atoms with E-state index in [9.17, 15) is 10.2 Å². The summed E-state index contributed by atoms with van der Waals surface area (Å²) in [5.74, 6) is 2.27. The molecule has 0 bridgehead atoms. The van der Waals surface area contributed by atoms with Gasteiger partial charge < -0.3 is 38.6 Å². The van der Waals surface area contributed by atoms with Gasteiger partial charge in [-0.15, -0.1) is 0 Å². The maximum atomic E-state index is 9.85. The fourth-order valence-corrected chi connectivity index (χ4v) is 3.08. The van der Waals surface area contributed by atoms with Gasteiger partial charge in [-0.1, -0.05) is 12.1 Å². The van der Waals surface area contributed by atoms with E-state index in [1.165, 1.54) is 0 Å². The van der Waals surface area contributed by atoms with E-state index in [0.29, 0.717) is 75.9 Å². The Morgan fingerprint density at radius 1 is 0.531 bits per heavy atom. The molecule has 1 aliphatic heterocycles. The van der Waals surface area contributed by atoms with Gasteiger partial charge in [0, 0.05) is 0 Å². The summed E-state index contributed by atoms with van der Waals surface area (Å²) < 4.78 is 34.5. The normalized spacial score (nSPS) is 18.1. The van der Waals surface area contributed by atoms with Crippen LogP contribution in [0, 0.1) is 0 Å². The smallest absolute Gasteiger partial charge is 0.161 e. The number of benzene rings is 2. The molecule has 2 aromatic rings. The highest BCUT2D eigenvalue weighted by Gasteiger charge is 2.12. The molecule has 1 heterocycles. The molecule has 0 saturated carbocycles. The van der Waals surface area contributed by atoms with Crippen molar-refractivity contribution in [2.24, 2.45) is 0 Å². The molecule has 2 atom stereocenters. The van der Waals surface area contributed by atoms with Crippen molar-refractivity contribution < 1.29 is 38.6 Å². The van der Waals surface area contributed by atoms with Crippen LogP contribution in [0.5, 0.6) is 23.0 Å². The first-order valence-electron chi connectivity index (χ1n) is 10.9. The topological polar surface area (TPSA) is 95.8 Å². The molecule has 8 heteroatoms. The first kappa shape index (κ1) is 24.1. The Balaban J connectivity index is 1.63. The van der Waals surface area contributed by atoms with Gasteiger partial charge in [-0.05, 0) is 49.2 Å². The Kier molecular flexibility index (Phi) is 9.43. The Morgan fingerprint density at radius 2 is 0.875 bits per heavy atom. The van der Waals surface area contributed by atoms with Gasteiger partial charge in [0.1, 0.15) is 26.4 Å². The minimum Gasteiger partial charge on any atom is -0.487 e. The molecular weight excluding hydrogens is 416 g/mol. The molecule has 0 unspecified atom stereocenters. The summed E-state index contributed by atoms with van der Waals surface area (Å²) in [5, 5.41) is 19.7. The monoisotopic (exact) mass is 448 g/mol. The minimum atomic E-state index is -0.606. The molecule has 0 radical (unpaired) electrons. The van der Waals surface area contributed by atoms with E-state index in [2.05, 4.69) is 0 Å². The molecule has 1 aliphatic rings. The van der Waals surface area contributed by atoms with E-state index < -0.39 is 12.2 Å². The van der Waals surface area contributed by atoms with Crippen molar-refractivity contribution in [1.29, 1.82) is 0 Å². The fraction of sp³-hybridized carbons (Fsp3) is 0.500. The van der Waals surface area contributed by atoms with Crippen LogP contribution in [-0.2, 0) is 9.47 Å². The van der Waals surface area contributed by atoms with Crippen LogP contribution < -0.4 is 18.9 Å². The third-order valence-corrected chi connectivity index (χ3v) is 4.84. The maximum Gasteiger partial charge on any atom is 0.161 e. The van der Waals surface area contributed by atoms with Gasteiger partial charge in [0.2, 0.25) is 0 Å². The first-order valence-corrected chi connectivity index (χ1v) is 10.9. The highest BCUT2D eigenvalue weighted by Crippen LogP contribution is 2.32. The summed E-state index contributed by atoms with van der Waals surface area (Å²) in [4.78, 5) is 0. The standard InChI is InChI=1S/C24H32O8/c1-17(25)19-3-5-21-23(15-19)31-13-9-28-10-14-32-24-16-20(18(2)26)4-6-22(24)30-12-8-27-7-11-29-21/h3-6,15-18,25-26H,7-14H2,1-2H3/t17-,18-/m0/s1. The van der Waals surface area contributed by atoms with Crippen molar-refractivity contribution in [1.82, 2.24) is 0 Å². The summed E-state index contributed by atoms with van der Waals surface area (Å²) >= 11 is 0. The van der Waals surface area contributed by atoms with Gasteiger partial charge in [0.15, 0.2) is 23.0 Å². The van der Waals surface area contributed by atoms with Crippen LogP contribution in [0.2, 0.25) is 0 Å². The van der Waals surface area contributed by atoms with Crippen LogP contribution in [0.15, 0.2) is 36.4 Å². The van der Waals surface area contributed by atoms with E-state index in [4.69, 9.17) is 28.4 Å². The van der Waals surface area contributed by atoms with Crippen LogP contribution in [0.4, 0.5) is 0 Å². The lowest BCUT2D eigenvalue weighted by atomic mass is 10.1. The van der Waals surface area contributed by atoms with Crippen LogP contribution in [0.25, 0.3) is 0 Å². The molecule has 32 heavy (non-hydrogen) atoms. The highest BCUT2D eigenvalue weighted by atomic mass is 16.6. The number of ether oxygens (including phenoxy) is 6. The number of hydrogen-bond donors (Lipinski definition) is 2. The van der Waals surface area contributed by atoms with Gasteiger partial charge in [0.05, 0.1) is 38.6 Å². The van der Waals surface area contributed by atoms with E-state index in [-0.39, 0.29) is 0 Å². The Hall–Kier alpha value is -2.52. The summed E-state index contributed by atoms with van der Waals surface area (Å²) in [6, 6.07) is 10.7. The molecule has 2 N–H and O–H groups in total. The second kappa shape index (κ2) is 12.5. The summed E-state index contributed by atoms with van der Waals surface area (Å²) in [5.41, 5.74) is 1.49. The molecule has 0 amide bonds. The summed E-state index contributed by atoms with van der Waals surface area (Å²) in [6.07, 6.45) is -1.21. The highest BCUT2D eigenvalue weighted by molar-refractivity contribution is 5.44. The Labute approximate surface area is 188 Å². The third kappa shape index (κ3) is 7.27. The average Bonchev–Trinajstić information content (AvgIpc) is 2.78. The predicted molar refractivity (Wildman–Crippen MR) is 118 cm³/mol. The van der Waals surface area contributed by atoms with Crippen molar-refractivity contribution in [2.45, 2.75) is 26.1 Å². The van der Waals surface area contributed by atoms with Crippen LogP contribution in [0.3, 0.4) is 0 Å². The van der Waals surface area contributed by atoms with Gasteiger partial charge in [-0.25, -0.2) is 0 Å². The number of aliphatic hydroxyl groups is 2. The minimum absolute atomic E-state index is 0.321. The quantitative estimate of drug-likeness (QED) is 0.724. The van der Waals surface area contributed by atoms with E-state index in [1.54, 1.807) is 38.1 Å². The SMILES string of the molecule is C[C@H](O)c1ccc2c(c1)OCCOCCOc1cc([C@H](C)O)ccc1OCCOCCO2. The second-order valence-corrected chi connectivity index (χ2v) is 7.38.